The second kappa shape index (κ2) is 11.2. The van der Waals surface area contributed by atoms with Crippen molar-refractivity contribution in [3.05, 3.63) is 29.3 Å². The number of guanidine groups is 1. The Labute approximate surface area is 186 Å². The number of hydrogen-bond acceptors (Lipinski definition) is 4. The molecule has 0 aliphatic carbocycles. The van der Waals surface area contributed by atoms with Gasteiger partial charge in [-0.2, -0.15) is 0 Å². The van der Waals surface area contributed by atoms with Crippen molar-refractivity contribution in [2.24, 2.45) is 4.99 Å². The molecular formula is C21H35IN4O2. The topological polar surface area (TPSA) is 58.1 Å². The maximum atomic E-state index is 5.59. The fraction of sp³-hybridized carbons (Fsp3) is 0.667. The number of fused-ring (bicyclic) bond motifs is 1. The summed E-state index contributed by atoms with van der Waals surface area (Å²) in [4.78, 5) is 7.21. The van der Waals surface area contributed by atoms with Gasteiger partial charge in [-0.1, -0.05) is 12.1 Å². The van der Waals surface area contributed by atoms with E-state index >= 15 is 0 Å². The number of nitrogens with zero attached hydrogens (tertiary/aromatic N) is 2. The van der Waals surface area contributed by atoms with E-state index < -0.39 is 0 Å². The summed E-state index contributed by atoms with van der Waals surface area (Å²) >= 11 is 0. The molecule has 3 rings (SSSR count). The van der Waals surface area contributed by atoms with Crippen LogP contribution in [0.5, 0.6) is 5.75 Å². The van der Waals surface area contributed by atoms with Gasteiger partial charge in [-0.25, -0.2) is 0 Å². The Bertz CT molecular complexity index is 645. The van der Waals surface area contributed by atoms with Crippen LogP contribution in [0.4, 0.5) is 0 Å². The molecular weight excluding hydrogens is 467 g/mol. The van der Waals surface area contributed by atoms with Crippen molar-refractivity contribution in [3.8, 4) is 5.75 Å². The second-order valence-corrected chi connectivity index (χ2v) is 7.64. The zero-order valence-electron chi connectivity index (χ0n) is 17.4. The third-order valence-electron chi connectivity index (χ3n) is 5.71. The van der Waals surface area contributed by atoms with Crippen molar-refractivity contribution in [1.82, 2.24) is 15.5 Å². The van der Waals surface area contributed by atoms with Crippen molar-refractivity contribution < 1.29 is 9.47 Å². The van der Waals surface area contributed by atoms with Gasteiger partial charge in [0, 0.05) is 38.3 Å². The maximum absolute atomic E-state index is 5.59. The summed E-state index contributed by atoms with van der Waals surface area (Å²) in [5.74, 6) is 1.95. The number of aliphatic imine (C=N–C) groups is 1. The Hall–Kier alpha value is -1.06. The van der Waals surface area contributed by atoms with Crippen molar-refractivity contribution in [2.75, 3.05) is 53.6 Å². The number of benzene rings is 1. The lowest BCUT2D eigenvalue weighted by molar-refractivity contribution is -0.00254. The van der Waals surface area contributed by atoms with Gasteiger partial charge in [-0.05, 0) is 57.5 Å². The van der Waals surface area contributed by atoms with Gasteiger partial charge < -0.3 is 25.0 Å². The molecule has 0 unspecified atom stereocenters. The molecule has 6 nitrogen and oxygen atoms in total. The minimum Gasteiger partial charge on any atom is -0.493 e. The highest BCUT2D eigenvalue weighted by atomic mass is 127. The van der Waals surface area contributed by atoms with E-state index in [1.807, 2.05) is 0 Å². The molecule has 2 aliphatic rings. The quantitative estimate of drug-likeness (QED) is 0.341. The van der Waals surface area contributed by atoms with Crippen LogP contribution in [-0.4, -0.2) is 69.9 Å². The summed E-state index contributed by atoms with van der Waals surface area (Å²) < 4.78 is 11.1. The van der Waals surface area contributed by atoms with E-state index in [1.165, 1.54) is 11.1 Å². The monoisotopic (exact) mass is 502 g/mol. The number of ether oxygens (including phenoxy) is 2. The van der Waals surface area contributed by atoms with E-state index in [0.717, 1.165) is 76.8 Å². The van der Waals surface area contributed by atoms with Gasteiger partial charge >= 0.3 is 0 Å². The first-order chi connectivity index (χ1) is 13.1. The van der Waals surface area contributed by atoms with Crippen LogP contribution in [0.1, 0.15) is 30.9 Å². The molecule has 1 saturated heterocycles. The molecule has 0 bridgehead atoms. The zero-order chi connectivity index (χ0) is 19.1. The molecule has 0 saturated carbocycles. The molecule has 158 valence electrons. The molecule has 7 heteroatoms. The Kier molecular flexibility index (Phi) is 9.30. The number of nitrogens with one attached hydrogen (secondary N) is 2. The number of halogens is 1. The third-order valence-corrected chi connectivity index (χ3v) is 5.71. The third kappa shape index (κ3) is 5.97. The molecule has 1 fully saturated rings. The van der Waals surface area contributed by atoms with Gasteiger partial charge in [0.05, 0.1) is 13.2 Å². The van der Waals surface area contributed by atoms with Gasteiger partial charge in [0.2, 0.25) is 0 Å². The highest BCUT2D eigenvalue weighted by Crippen LogP contribution is 2.27. The van der Waals surface area contributed by atoms with Crippen LogP contribution in [0.3, 0.4) is 0 Å². The molecule has 0 atom stereocenters. The molecule has 2 N–H and O–H groups in total. The van der Waals surface area contributed by atoms with Crippen LogP contribution in [0.15, 0.2) is 23.2 Å². The number of hydrogen-bond donors (Lipinski definition) is 2. The zero-order valence-corrected chi connectivity index (χ0v) is 19.8. The minimum absolute atomic E-state index is 0. The standard InChI is InChI=1S/C21H34N4O2.HI/c1-4-22-20(24-16-21(25(2)3)9-13-26-14-10-21)23-11-7-17-5-6-19-18(15-17)8-12-27-19;/h5-6,15H,4,7-14,16H2,1-3H3,(H2,22,23,24);1H. The van der Waals surface area contributed by atoms with Crippen LogP contribution < -0.4 is 15.4 Å². The summed E-state index contributed by atoms with van der Waals surface area (Å²) in [5, 5.41) is 6.87. The SMILES string of the molecule is CCNC(=NCC1(N(C)C)CCOCC1)NCCc1ccc2c(c1)CCO2.I. The molecule has 1 aromatic carbocycles. The van der Waals surface area contributed by atoms with Gasteiger partial charge in [0.1, 0.15) is 5.75 Å². The number of likely N-dealkylation sites (N-methyl/N-ethyl adjacent to an activating group) is 1. The van der Waals surface area contributed by atoms with Gasteiger partial charge in [0.15, 0.2) is 5.96 Å². The number of rotatable bonds is 7. The summed E-state index contributed by atoms with van der Waals surface area (Å²) in [6, 6.07) is 6.54. The normalized spacial score (nSPS) is 18.2. The predicted molar refractivity (Wildman–Crippen MR) is 125 cm³/mol. The molecule has 0 spiro atoms. The minimum atomic E-state index is 0. The average molecular weight is 502 g/mol. The molecule has 0 amide bonds. The molecule has 0 aromatic heterocycles. The van der Waals surface area contributed by atoms with Crippen LogP contribution in [0.25, 0.3) is 0 Å². The molecule has 2 aliphatic heterocycles. The summed E-state index contributed by atoms with van der Waals surface area (Å²) in [6.45, 7) is 7.07. The fourth-order valence-corrected chi connectivity index (χ4v) is 3.79. The Morgan fingerprint density at radius 2 is 1.96 bits per heavy atom. The first-order valence-electron chi connectivity index (χ1n) is 10.1. The van der Waals surface area contributed by atoms with E-state index in [1.54, 1.807) is 0 Å². The lowest BCUT2D eigenvalue weighted by atomic mass is 9.89. The summed E-state index contributed by atoms with van der Waals surface area (Å²) in [6.07, 6.45) is 4.06. The van der Waals surface area contributed by atoms with Crippen molar-refractivity contribution in [3.63, 3.8) is 0 Å². The fourth-order valence-electron chi connectivity index (χ4n) is 3.79. The lowest BCUT2D eigenvalue weighted by Crippen LogP contribution is -2.51. The Morgan fingerprint density at radius 3 is 2.68 bits per heavy atom. The largest absolute Gasteiger partial charge is 0.493 e. The highest BCUT2D eigenvalue weighted by molar-refractivity contribution is 14.0. The highest BCUT2D eigenvalue weighted by Gasteiger charge is 2.34. The molecule has 2 heterocycles. The van der Waals surface area contributed by atoms with E-state index in [4.69, 9.17) is 14.5 Å². The van der Waals surface area contributed by atoms with Crippen molar-refractivity contribution in [1.29, 1.82) is 0 Å². The van der Waals surface area contributed by atoms with E-state index in [-0.39, 0.29) is 29.5 Å². The summed E-state index contributed by atoms with van der Waals surface area (Å²) in [5.41, 5.74) is 2.78. The summed E-state index contributed by atoms with van der Waals surface area (Å²) in [7, 11) is 4.30. The van der Waals surface area contributed by atoms with Crippen LogP contribution in [0.2, 0.25) is 0 Å². The van der Waals surface area contributed by atoms with Crippen LogP contribution >= 0.6 is 24.0 Å². The van der Waals surface area contributed by atoms with Crippen LogP contribution in [0, 0.1) is 0 Å². The van der Waals surface area contributed by atoms with Gasteiger partial charge in [-0.15, -0.1) is 24.0 Å². The van der Waals surface area contributed by atoms with Crippen molar-refractivity contribution in [2.45, 2.75) is 38.1 Å². The van der Waals surface area contributed by atoms with E-state index in [0.29, 0.717) is 0 Å². The van der Waals surface area contributed by atoms with E-state index in [2.05, 4.69) is 54.8 Å². The second-order valence-electron chi connectivity index (χ2n) is 7.64. The molecule has 1 aromatic rings. The molecule has 0 radical (unpaired) electrons. The maximum Gasteiger partial charge on any atom is 0.191 e. The van der Waals surface area contributed by atoms with Crippen molar-refractivity contribution >= 4 is 29.9 Å². The average Bonchev–Trinajstić information content (AvgIpc) is 3.14. The lowest BCUT2D eigenvalue weighted by Gasteiger charge is -2.41. The Balaban J connectivity index is 0.00000280. The Morgan fingerprint density at radius 1 is 1.18 bits per heavy atom. The van der Waals surface area contributed by atoms with Crippen LogP contribution in [-0.2, 0) is 17.6 Å². The molecule has 28 heavy (non-hydrogen) atoms. The predicted octanol–water partition coefficient (Wildman–Crippen LogP) is 2.45. The van der Waals surface area contributed by atoms with E-state index in [9.17, 15) is 0 Å². The smallest absolute Gasteiger partial charge is 0.191 e. The van der Waals surface area contributed by atoms with Gasteiger partial charge in [0.25, 0.3) is 0 Å². The first kappa shape index (κ1) is 23.2. The van der Waals surface area contributed by atoms with Gasteiger partial charge in [-0.3, -0.25) is 4.99 Å². The first-order valence-corrected chi connectivity index (χ1v) is 10.1.